The maximum absolute atomic E-state index is 6.64. The predicted octanol–water partition coefficient (Wildman–Crippen LogP) is 14.1. The van der Waals surface area contributed by atoms with Crippen molar-refractivity contribution in [1.82, 2.24) is 4.57 Å². The van der Waals surface area contributed by atoms with Crippen LogP contribution < -0.4 is 5.73 Å². The normalized spacial score (nSPS) is 12.4. The summed E-state index contributed by atoms with van der Waals surface area (Å²) in [6.07, 6.45) is 2.00. The van der Waals surface area contributed by atoms with Crippen molar-refractivity contribution in [2.45, 2.75) is 6.54 Å². The van der Waals surface area contributed by atoms with Crippen LogP contribution >= 0.6 is 0 Å². The number of benzene rings is 10. The predicted molar refractivity (Wildman–Crippen MR) is 252 cm³/mol. The third-order valence-corrected chi connectivity index (χ3v) is 11.8. The second-order valence-corrected chi connectivity index (χ2v) is 15.3. The van der Waals surface area contributed by atoms with Crippen LogP contribution in [0.3, 0.4) is 0 Å². The Morgan fingerprint density at radius 2 is 1.10 bits per heavy atom. The van der Waals surface area contributed by atoms with Crippen molar-refractivity contribution in [3.05, 3.63) is 229 Å². The highest BCUT2D eigenvalue weighted by Crippen LogP contribution is 2.42. The molecule has 0 radical (unpaired) electrons. The minimum Gasteiger partial charge on any atom is -0.398 e. The maximum Gasteiger partial charge on any atom is 0.0671 e. The molecule has 1 heterocycles. The van der Waals surface area contributed by atoms with Gasteiger partial charge in [-0.05, 0) is 113 Å². The molecule has 3 heteroatoms. The van der Waals surface area contributed by atoms with E-state index in [9.17, 15) is 0 Å². The molecule has 3 nitrogen and oxygen atoms in total. The van der Waals surface area contributed by atoms with Crippen LogP contribution in [-0.4, -0.2) is 10.3 Å². The highest BCUT2D eigenvalue weighted by Gasteiger charge is 2.17. The van der Waals surface area contributed by atoms with Crippen LogP contribution in [-0.2, 0) is 6.54 Å². The second-order valence-electron chi connectivity index (χ2n) is 15.3. The highest BCUT2D eigenvalue weighted by atomic mass is 15.0. The molecular weight excluding hydrogens is 715 g/mol. The monoisotopic (exact) mass is 753 g/mol. The van der Waals surface area contributed by atoms with Gasteiger partial charge in [0.15, 0.2) is 0 Å². The van der Waals surface area contributed by atoms with Crippen LogP contribution in [0.4, 0.5) is 0 Å². The van der Waals surface area contributed by atoms with Crippen molar-refractivity contribution in [2.24, 2.45) is 10.7 Å². The molecule has 1 aromatic heterocycles. The van der Waals surface area contributed by atoms with Crippen molar-refractivity contribution < 1.29 is 0 Å². The molecule has 0 saturated carbocycles. The molecule has 0 bridgehead atoms. The number of allylic oxidation sites excluding steroid dienone is 1. The molecule has 11 rings (SSSR count). The number of nitrogens with zero attached hydrogens (tertiary/aromatic N) is 2. The van der Waals surface area contributed by atoms with Crippen LogP contribution in [0.15, 0.2) is 217 Å². The van der Waals surface area contributed by atoms with Gasteiger partial charge in [0, 0.05) is 22.2 Å². The minimum absolute atomic E-state index is 0.519. The number of nitrogens with two attached hydrogens (primary N) is 1. The summed E-state index contributed by atoms with van der Waals surface area (Å²) in [4.78, 5) is 5.19. The zero-order valence-corrected chi connectivity index (χ0v) is 32.4. The van der Waals surface area contributed by atoms with E-state index in [0.29, 0.717) is 12.2 Å². The highest BCUT2D eigenvalue weighted by molar-refractivity contribution is 6.28. The Kier molecular flexibility index (Phi) is 8.37. The van der Waals surface area contributed by atoms with Gasteiger partial charge in [-0.25, -0.2) is 0 Å². The third-order valence-electron chi connectivity index (χ3n) is 11.8. The molecule has 278 valence electrons. The smallest absolute Gasteiger partial charge is 0.0671 e. The van der Waals surface area contributed by atoms with E-state index < -0.39 is 0 Å². The number of rotatable bonds is 7. The fourth-order valence-corrected chi connectivity index (χ4v) is 8.99. The number of aromatic nitrogens is 1. The zero-order chi connectivity index (χ0) is 39.3. The molecule has 0 aliphatic rings. The fourth-order valence-electron chi connectivity index (χ4n) is 8.99. The first-order valence-corrected chi connectivity index (χ1v) is 20.2. The summed E-state index contributed by atoms with van der Waals surface area (Å²) in [7, 11) is 0. The molecule has 2 N–H and O–H groups in total. The van der Waals surface area contributed by atoms with E-state index in [-0.39, 0.29) is 0 Å². The Balaban J connectivity index is 1.06. The van der Waals surface area contributed by atoms with E-state index in [0.717, 1.165) is 28.1 Å². The largest absolute Gasteiger partial charge is 0.398 e. The molecule has 59 heavy (non-hydrogen) atoms. The van der Waals surface area contributed by atoms with Crippen LogP contribution in [0.1, 0.15) is 16.7 Å². The molecule has 0 unspecified atom stereocenters. The van der Waals surface area contributed by atoms with E-state index in [2.05, 4.69) is 162 Å². The minimum atomic E-state index is 0.519. The van der Waals surface area contributed by atoms with Gasteiger partial charge >= 0.3 is 0 Å². The van der Waals surface area contributed by atoms with Crippen LogP contribution in [0.5, 0.6) is 0 Å². The van der Waals surface area contributed by atoms with Gasteiger partial charge in [0.25, 0.3) is 0 Å². The molecular formula is C56H39N3. The summed E-state index contributed by atoms with van der Waals surface area (Å²) in [5, 5.41) is 12.4. The lowest BCUT2D eigenvalue weighted by molar-refractivity contribution is 1.07. The van der Waals surface area contributed by atoms with Gasteiger partial charge in [-0.3, -0.25) is 4.99 Å². The Hall–Kier alpha value is -7.75. The van der Waals surface area contributed by atoms with Gasteiger partial charge in [-0.1, -0.05) is 170 Å². The van der Waals surface area contributed by atoms with Crippen LogP contribution in [0.25, 0.3) is 87.4 Å². The van der Waals surface area contributed by atoms with Crippen molar-refractivity contribution in [3.63, 3.8) is 0 Å². The van der Waals surface area contributed by atoms with E-state index in [1.165, 1.54) is 76.0 Å². The lowest BCUT2D eigenvalue weighted by Gasteiger charge is -2.15. The average Bonchev–Trinajstić information content (AvgIpc) is 3.64. The number of hydrogen-bond acceptors (Lipinski definition) is 2. The van der Waals surface area contributed by atoms with Gasteiger partial charge in [-0.15, -0.1) is 0 Å². The number of hydrogen-bond donors (Lipinski definition) is 1. The van der Waals surface area contributed by atoms with Crippen molar-refractivity contribution in [3.8, 4) is 16.8 Å². The van der Waals surface area contributed by atoms with Crippen molar-refractivity contribution >= 4 is 76.3 Å². The summed E-state index contributed by atoms with van der Waals surface area (Å²) >= 11 is 0. The SMILES string of the molecule is N/C(=C\C(=NCc1ccc2c(c1)c1ccccc1c1cccc(-c3ccc4c(c3)c3ccccc3n4-c3ccc4ccccc4c3)c12)c1ccccc1)c1ccccc1. The molecule has 0 fully saturated rings. The van der Waals surface area contributed by atoms with Crippen LogP contribution in [0.2, 0.25) is 0 Å². The molecule has 0 aliphatic carbocycles. The average molecular weight is 754 g/mol. The number of aliphatic imine (C=N–C) groups is 1. The van der Waals surface area contributed by atoms with Gasteiger partial charge in [0.2, 0.25) is 0 Å². The number of para-hydroxylation sites is 1. The molecule has 0 spiro atoms. The second kappa shape index (κ2) is 14.3. The van der Waals surface area contributed by atoms with Gasteiger partial charge in [-0.2, -0.15) is 0 Å². The standard InChI is InChI=1S/C56H39N3/c57-52(39-15-3-1-4-16-39)35-53(40-17-5-2-6-18-40)58-36-37-26-30-49-50(32-37)46-21-10-9-20-45(46)48-24-13-23-44(56(48)49)42-28-31-55-51(34-42)47-22-11-12-25-54(47)59(55)43-29-27-38-14-7-8-19-41(38)33-43/h1-35H,36,57H2/b52-35-,58-53?. The molecule has 11 aromatic rings. The Labute approximate surface area is 342 Å². The quantitative estimate of drug-likeness (QED) is 0.128. The molecule has 0 aliphatic heterocycles. The van der Waals surface area contributed by atoms with Crippen molar-refractivity contribution in [1.29, 1.82) is 0 Å². The first-order chi connectivity index (χ1) is 29.2. The molecule has 0 atom stereocenters. The van der Waals surface area contributed by atoms with Crippen molar-refractivity contribution in [2.75, 3.05) is 0 Å². The molecule has 10 aromatic carbocycles. The van der Waals surface area contributed by atoms with Gasteiger partial charge in [0.1, 0.15) is 0 Å². The van der Waals surface area contributed by atoms with E-state index in [1.54, 1.807) is 0 Å². The summed E-state index contributed by atoms with van der Waals surface area (Å²) in [6, 6.07) is 74.0. The Morgan fingerprint density at radius 1 is 0.458 bits per heavy atom. The summed E-state index contributed by atoms with van der Waals surface area (Å²) < 4.78 is 2.41. The van der Waals surface area contributed by atoms with E-state index in [1.807, 2.05) is 54.6 Å². The lowest BCUT2D eigenvalue weighted by Crippen LogP contribution is -2.04. The third kappa shape index (κ3) is 6.03. The molecule has 0 saturated heterocycles. The van der Waals surface area contributed by atoms with Crippen LogP contribution in [0, 0.1) is 0 Å². The maximum atomic E-state index is 6.64. The van der Waals surface area contributed by atoms with E-state index >= 15 is 0 Å². The Morgan fingerprint density at radius 3 is 1.92 bits per heavy atom. The first kappa shape index (κ1) is 34.5. The lowest BCUT2D eigenvalue weighted by atomic mass is 9.88. The van der Waals surface area contributed by atoms with E-state index in [4.69, 9.17) is 10.7 Å². The number of fused-ring (bicyclic) bond motifs is 10. The summed E-state index contributed by atoms with van der Waals surface area (Å²) in [5.41, 5.74) is 17.3. The zero-order valence-electron chi connectivity index (χ0n) is 32.4. The summed E-state index contributed by atoms with van der Waals surface area (Å²) in [6.45, 7) is 0.519. The topological polar surface area (TPSA) is 43.3 Å². The summed E-state index contributed by atoms with van der Waals surface area (Å²) in [5.74, 6) is 0. The Bertz CT molecular complexity index is 3460. The molecule has 0 amide bonds. The van der Waals surface area contributed by atoms with Gasteiger partial charge < -0.3 is 10.3 Å². The first-order valence-electron chi connectivity index (χ1n) is 20.2. The fraction of sp³-hybridized carbons (Fsp3) is 0.0179. The van der Waals surface area contributed by atoms with Gasteiger partial charge in [0.05, 0.1) is 23.3 Å².